The normalized spacial score (nSPS) is 17.3. The Kier molecular flexibility index (Phi) is 4.50. The van der Waals surface area contributed by atoms with Crippen LogP contribution in [0.2, 0.25) is 0 Å². The van der Waals surface area contributed by atoms with Gasteiger partial charge in [-0.05, 0) is 48.9 Å². The minimum absolute atomic E-state index is 0.00186. The second kappa shape index (κ2) is 7.09. The third-order valence-corrected chi connectivity index (χ3v) is 4.76. The van der Waals surface area contributed by atoms with Crippen LogP contribution in [-0.4, -0.2) is 45.2 Å². The van der Waals surface area contributed by atoms with Gasteiger partial charge in [0.25, 0.3) is 5.91 Å². The highest BCUT2D eigenvalue weighted by Crippen LogP contribution is 2.24. The monoisotopic (exact) mass is 347 g/mol. The topological polar surface area (TPSA) is 63.1 Å². The summed E-state index contributed by atoms with van der Waals surface area (Å²) in [5, 5.41) is 7.68. The Balaban J connectivity index is 1.58. The van der Waals surface area contributed by atoms with Crippen molar-refractivity contribution in [3.05, 3.63) is 77.9 Å². The third-order valence-electron chi connectivity index (χ3n) is 4.76. The lowest BCUT2D eigenvalue weighted by Crippen LogP contribution is -2.48. The average Bonchev–Trinajstić information content (AvgIpc) is 3.14. The van der Waals surface area contributed by atoms with E-state index in [4.69, 9.17) is 0 Å². The van der Waals surface area contributed by atoms with Crippen LogP contribution in [-0.2, 0) is 0 Å². The molecule has 3 heterocycles. The molecule has 0 saturated carbocycles. The van der Waals surface area contributed by atoms with Crippen molar-refractivity contribution >= 4 is 5.91 Å². The van der Waals surface area contributed by atoms with Gasteiger partial charge in [-0.25, -0.2) is 4.68 Å². The van der Waals surface area contributed by atoms with Gasteiger partial charge in [-0.1, -0.05) is 6.07 Å². The van der Waals surface area contributed by atoms with Crippen molar-refractivity contribution in [1.82, 2.24) is 25.0 Å². The number of piperazine rings is 1. The van der Waals surface area contributed by atoms with Crippen LogP contribution in [0.3, 0.4) is 0 Å². The lowest BCUT2D eigenvalue weighted by Gasteiger charge is -2.36. The fraction of sp³-hybridized carbons (Fsp3) is 0.250. The quantitative estimate of drug-likeness (QED) is 0.790. The molecule has 0 bridgehead atoms. The van der Waals surface area contributed by atoms with E-state index < -0.39 is 0 Å². The van der Waals surface area contributed by atoms with Crippen molar-refractivity contribution in [1.29, 1.82) is 0 Å². The molecule has 1 aliphatic rings. The summed E-state index contributed by atoms with van der Waals surface area (Å²) in [6.07, 6.45) is 5.36. The number of benzene rings is 1. The SMILES string of the molecule is Cc1ccnn1-c1ccc(C(=O)N2CCNCC2c2cccnc2)cc1. The van der Waals surface area contributed by atoms with Crippen LogP contribution in [0.4, 0.5) is 0 Å². The zero-order valence-corrected chi connectivity index (χ0v) is 14.7. The highest BCUT2D eigenvalue weighted by molar-refractivity contribution is 5.94. The number of pyridine rings is 1. The summed E-state index contributed by atoms with van der Waals surface area (Å²) in [7, 11) is 0. The first-order chi connectivity index (χ1) is 12.7. The standard InChI is InChI=1S/C20H21N5O/c1-15-8-10-23-25(15)18-6-4-16(5-7-18)20(26)24-12-11-22-14-19(24)17-3-2-9-21-13-17/h2-10,13,19,22H,11-12,14H2,1H3. The predicted molar refractivity (Wildman–Crippen MR) is 99.2 cm³/mol. The van der Waals surface area contributed by atoms with E-state index in [-0.39, 0.29) is 11.9 Å². The van der Waals surface area contributed by atoms with Gasteiger partial charge in [0.1, 0.15) is 0 Å². The Morgan fingerprint density at radius 2 is 2.00 bits per heavy atom. The molecule has 1 amide bonds. The van der Waals surface area contributed by atoms with Gasteiger partial charge < -0.3 is 10.2 Å². The molecular formula is C20H21N5O. The Hall–Kier alpha value is -2.99. The molecule has 6 heteroatoms. The van der Waals surface area contributed by atoms with Crippen molar-refractivity contribution in [3.63, 3.8) is 0 Å². The van der Waals surface area contributed by atoms with Gasteiger partial charge >= 0.3 is 0 Å². The molecule has 0 aliphatic carbocycles. The zero-order valence-electron chi connectivity index (χ0n) is 14.7. The van der Waals surface area contributed by atoms with Crippen molar-refractivity contribution in [3.8, 4) is 5.69 Å². The van der Waals surface area contributed by atoms with Crippen molar-refractivity contribution in [2.75, 3.05) is 19.6 Å². The lowest BCUT2D eigenvalue weighted by molar-refractivity contribution is 0.0634. The number of amides is 1. The molecular weight excluding hydrogens is 326 g/mol. The Labute approximate surface area is 152 Å². The minimum Gasteiger partial charge on any atom is -0.329 e. The summed E-state index contributed by atoms with van der Waals surface area (Å²) < 4.78 is 1.86. The van der Waals surface area contributed by atoms with E-state index >= 15 is 0 Å². The van der Waals surface area contributed by atoms with Gasteiger partial charge in [-0.3, -0.25) is 9.78 Å². The Morgan fingerprint density at radius 1 is 1.15 bits per heavy atom. The number of carbonyl (C=O) groups excluding carboxylic acids is 1. The first-order valence-electron chi connectivity index (χ1n) is 8.77. The Morgan fingerprint density at radius 3 is 2.69 bits per heavy atom. The second-order valence-electron chi connectivity index (χ2n) is 6.44. The molecule has 26 heavy (non-hydrogen) atoms. The van der Waals surface area contributed by atoms with Gasteiger partial charge in [0.05, 0.1) is 11.7 Å². The second-order valence-corrected chi connectivity index (χ2v) is 6.44. The molecule has 1 atom stereocenters. The van der Waals surface area contributed by atoms with E-state index in [2.05, 4.69) is 15.4 Å². The largest absolute Gasteiger partial charge is 0.329 e. The number of carbonyl (C=O) groups is 1. The molecule has 1 fully saturated rings. The van der Waals surface area contributed by atoms with Crippen LogP contribution >= 0.6 is 0 Å². The van der Waals surface area contributed by atoms with Crippen LogP contribution in [0.25, 0.3) is 5.69 Å². The Bertz CT molecular complexity index is 888. The molecule has 132 valence electrons. The third kappa shape index (κ3) is 3.11. The first kappa shape index (κ1) is 16.5. The molecule has 1 N–H and O–H groups in total. The van der Waals surface area contributed by atoms with Gasteiger partial charge in [0.2, 0.25) is 0 Å². The molecule has 1 aliphatic heterocycles. The van der Waals surface area contributed by atoms with Crippen LogP contribution in [0.15, 0.2) is 61.1 Å². The molecule has 3 aromatic rings. The lowest BCUT2D eigenvalue weighted by atomic mass is 10.0. The number of hydrogen-bond donors (Lipinski definition) is 1. The smallest absolute Gasteiger partial charge is 0.254 e. The van der Waals surface area contributed by atoms with E-state index in [0.29, 0.717) is 12.1 Å². The summed E-state index contributed by atoms with van der Waals surface area (Å²) in [5.41, 5.74) is 3.75. The zero-order chi connectivity index (χ0) is 17.9. The molecule has 1 aromatic carbocycles. The van der Waals surface area contributed by atoms with Crippen LogP contribution in [0.5, 0.6) is 0 Å². The molecule has 0 radical (unpaired) electrons. The van der Waals surface area contributed by atoms with Crippen LogP contribution in [0, 0.1) is 6.92 Å². The summed E-state index contributed by atoms with van der Waals surface area (Å²) in [6.45, 7) is 4.22. The van der Waals surface area contributed by atoms with Crippen molar-refractivity contribution in [2.45, 2.75) is 13.0 Å². The fourth-order valence-electron chi connectivity index (χ4n) is 3.37. The number of nitrogens with zero attached hydrogens (tertiary/aromatic N) is 4. The maximum Gasteiger partial charge on any atom is 0.254 e. The molecule has 2 aromatic heterocycles. The molecule has 0 spiro atoms. The molecule has 1 unspecified atom stereocenters. The van der Waals surface area contributed by atoms with E-state index in [0.717, 1.165) is 30.0 Å². The van der Waals surface area contributed by atoms with Gasteiger partial charge in [0, 0.05) is 49.5 Å². The van der Waals surface area contributed by atoms with Crippen molar-refractivity contribution in [2.24, 2.45) is 0 Å². The maximum atomic E-state index is 13.1. The van der Waals surface area contributed by atoms with E-state index in [1.807, 2.05) is 65.2 Å². The summed E-state index contributed by atoms with van der Waals surface area (Å²) in [5.74, 6) is 0.0455. The van der Waals surface area contributed by atoms with E-state index in [1.54, 1.807) is 12.4 Å². The number of aromatic nitrogens is 3. The maximum absolute atomic E-state index is 13.1. The fourth-order valence-corrected chi connectivity index (χ4v) is 3.37. The number of rotatable bonds is 3. The number of aryl methyl sites for hydroxylation is 1. The highest BCUT2D eigenvalue weighted by atomic mass is 16.2. The first-order valence-corrected chi connectivity index (χ1v) is 8.77. The van der Waals surface area contributed by atoms with E-state index in [9.17, 15) is 4.79 Å². The summed E-state index contributed by atoms with van der Waals surface area (Å²) in [6, 6.07) is 13.5. The number of nitrogens with one attached hydrogen (secondary N) is 1. The van der Waals surface area contributed by atoms with Gasteiger partial charge in [0.15, 0.2) is 0 Å². The highest BCUT2D eigenvalue weighted by Gasteiger charge is 2.28. The molecule has 6 nitrogen and oxygen atoms in total. The minimum atomic E-state index is -0.00186. The average molecular weight is 347 g/mol. The molecule has 4 rings (SSSR count). The van der Waals surface area contributed by atoms with Crippen molar-refractivity contribution < 1.29 is 4.79 Å². The van der Waals surface area contributed by atoms with E-state index in [1.165, 1.54) is 0 Å². The summed E-state index contributed by atoms with van der Waals surface area (Å²) in [4.78, 5) is 19.2. The van der Waals surface area contributed by atoms with Gasteiger partial charge in [-0.15, -0.1) is 0 Å². The number of hydrogen-bond acceptors (Lipinski definition) is 4. The van der Waals surface area contributed by atoms with Crippen LogP contribution < -0.4 is 5.32 Å². The van der Waals surface area contributed by atoms with Crippen LogP contribution in [0.1, 0.15) is 27.7 Å². The predicted octanol–water partition coefficient (Wildman–Crippen LogP) is 2.36. The summed E-state index contributed by atoms with van der Waals surface area (Å²) >= 11 is 0. The van der Waals surface area contributed by atoms with Gasteiger partial charge in [-0.2, -0.15) is 5.10 Å². The molecule has 1 saturated heterocycles.